The van der Waals surface area contributed by atoms with Gasteiger partial charge in [0, 0.05) is 41.9 Å². The van der Waals surface area contributed by atoms with E-state index in [1.165, 1.54) is 0 Å². The third-order valence-corrected chi connectivity index (χ3v) is 5.19. The third-order valence-electron chi connectivity index (χ3n) is 4.52. The number of imidazole rings is 1. The van der Waals surface area contributed by atoms with Crippen LogP contribution in [0.2, 0.25) is 0 Å². The van der Waals surface area contributed by atoms with Crippen LogP contribution >= 0.6 is 11.8 Å². The van der Waals surface area contributed by atoms with Crippen molar-refractivity contribution in [2.24, 2.45) is 7.05 Å². The second-order valence-electron chi connectivity index (χ2n) is 6.24. The number of rotatable bonds is 5. The highest BCUT2D eigenvalue weighted by atomic mass is 32.2. The number of hydrogen-bond donors (Lipinski definition) is 1. The van der Waals surface area contributed by atoms with Gasteiger partial charge in [-0.25, -0.2) is 4.98 Å². The Labute approximate surface area is 157 Å². The summed E-state index contributed by atoms with van der Waals surface area (Å²) in [6, 6.07) is 7.45. The lowest BCUT2D eigenvalue weighted by Crippen LogP contribution is -2.27. The fourth-order valence-corrected chi connectivity index (χ4v) is 3.73. The van der Waals surface area contributed by atoms with E-state index in [-0.39, 0.29) is 11.9 Å². The highest BCUT2D eigenvalue weighted by Crippen LogP contribution is 2.22. The quantitative estimate of drug-likeness (QED) is 0.700. The molecule has 1 N–H and O–H groups in total. The fraction of sp³-hybridized carbons (Fsp3) is 0.316. The molecule has 3 rings (SSSR count). The van der Waals surface area contributed by atoms with E-state index < -0.39 is 0 Å². The lowest BCUT2D eigenvalue weighted by molar-refractivity contribution is 0.0939. The zero-order valence-corrected chi connectivity index (χ0v) is 16.5. The molecule has 0 spiro atoms. The predicted molar refractivity (Wildman–Crippen MR) is 104 cm³/mol. The van der Waals surface area contributed by atoms with E-state index in [1.54, 1.807) is 18.0 Å². The van der Waals surface area contributed by atoms with Gasteiger partial charge >= 0.3 is 0 Å². The second kappa shape index (κ2) is 7.37. The summed E-state index contributed by atoms with van der Waals surface area (Å²) >= 11 is 1.57. The molecule has 2 heterocycles. The Balaban J connectivity index is 1.83. The van der Waals surface area contributed by atoms with Gasteiger partial charge in [-0.3, -0.25) is 14.0 Å². The Bertz CT molecular complexity index is 943. The normalized spacial score (nSPS) is 12.2. The smallest absolute Gasteiger partial charge is 0.251 e. The number of benzene rings is 1. The SMILES string of the molecule is CSc1nccn1-c1cccc(C(=O)NC(C)c2c(C)nn(C)c2C)c1. The van der Waals surface area contributed by atoms with E-state index in [2.05, 4.69) is 15.4 Å². The van der Waals surface area contributed by atoms with E-state index in [0.29, 0.717) is 5.56 Å². The third kappa shape index (κ3) is 3.39. The molecule has 0 aliphatic heterocycles. The maximum Gasteiger partial charge on any atom is 0.251 e. The summed E-state index contributed by atoms with van der Waals surface area (Å²) in [5, 5.41) is 8.40. The minimum Gasteiger partial charge on any atom is -0.345 e. The monoisotopic (exact) mass is 369 g/mol. The molecule has 0 fully saturated rings. The predicted octanol–water partition coefficient (Wildman–Crippen LogP) is 3.44. The Hall–Kier alpha value is -2.54. The van der Waals surface area contributed by atoms with Gasteiger partial charge in [0.25, 0.3) is 5.91 Å². The zero-order valence-electron chi connectivity index (χ0n) is 15.6. The van der Waals surface area contributed by atoms with Gasteiger partial charge in [0.05, 0.1) is 11.7 Å². The van der Waals surface area contributed by atoms with Crippen molar-refractivity contribution in [3.05, 3.63) is 59.2 Å². The first-order chi connectivity index (χ1) is 12.4. The Morgan fingerprint density at radius 3 is 2.73 bits per heavy atom. The Morgan fingerprint density at radius 1 is 1.31 bits per heavy atom. The van der Waals surface area contributed by atoms with Crippen molar-refractivity contribution in [2.75, 3.05) is 6.26 Å². The van der Waals surface area contributed by atoms with E-state index in [9.17, 15) is 4.79 Å². The summed E-state index contributed by atoms with van der Waals surface area (Å²) in [6.07, 6.45) is 5.64. The first-order valence-electron chi connectivity index (χ1n) is 8.41. The molecule has 3 aromatic rings. The summed E-state index contributed by atoms with van der Waals surface area (Å²) < 4.78 is 3.82. The van der Waals surface area contributed by atoms with Crippen molar-refractivity contribution < 1.29 is 4.79 Å². The van der Waals surface area contributed by atoms with Crippen LogP contribution in [0, 0.1) is 13.8 Å². The molecule has 6 nitrogen and oxygen atoms in total. The molecule has 1 atom stereocenters. The van der Waals surface area contributed by atoms with Gasteiger partial charge in [-0.05, 0) is 45.2 Å². The number of thioether (sulfide) groups is 1. The van der Waals surface area contributed by atoms with Crippen molar-refractivity contribution in [3.8, 4) is 5.69 Å². The van der Waals surface area contributed by atoms with Crippen LogP contribution in [0.1, 0.15) is 40.3 Å². The van der Waals surface area contributed by atoms with Gasteiger partial charge < -0.3 is 5.32 Å². The molecule has 2 aromatic heterocycles. The molecule has 0 aliphatic rings. The fourth-order valence-electron chi connectivity index (χ4n) is 3.20. The topological polar surface area (TPSA) is 64.7 Å². The maximum atomic E-state index is 12.8. The van der Waals surface area contributed by atoms with Crippen molar-refractivity contribution >= 4 is 17.7 Å². The van der Waals surface area contributed by atoms with Crippen LogP contribution in [0.4, 0.5) is 0 Å². The Morgan fingerprint density at radius 2 is 2.08 bits per heavy atom. The molecule has 1 amide bonds. The van der Waals surface area contributed by atoms with Gasteiger partial charge in [0.15, 0.2) is 5.16 Å². The molecule has 26 heavy (non-hydrogen) atoms. The standard InChI is InChI=1S/C19H23N5OS/c1-12(17-13(2)22-23(4)14(17)3)21-18(25)15-7-6-8-16(11-15)24-10-9-20-19(24)26-5/h6-12H,1-5H3,(H,21,25). The Kier molecular flexibility index (Phi) is 5.18. The van der Waals surface area contributed by atoms with E-state index >= 15 is 0 Å². The minimum absolute atomic E-state index is 0.104. The summed E-state index contributed by atoms with van der Waals surface area (Å²) in [7, 11) is 1.91. The number of aryl methyl sites for hydroxylation is 2. The van der Waals surface area contributed by atoms with Crippen LogP contribution in [0.3, 0.4) is 0 Å². The van der Waals surface area contributed by atoms with Crippen LogP contribution in [0.25, 0.3) is 5.69 Å². The number of amides is 1. The van der Waals surface area contributed by atoms with Gasteiger partial charge in [-0.2, -0.15) is 5.10 Å². The van der Waals surface area contributed by atoms with Gasteiger partial charge in [0.1, 0.15) is 0 Å². The molecule has 1 unspecified atom stereocenters. The highest BCUT2D eigenvalue weighted by molar-refractivity contribution is 7.98. The first-order valence-corrected chi connectivity index (χ1v) is 9.63. The summed E-state index contributed by atoms with van der Waals surface area (Å²) in [5.41, 5.74) is 4.60. The molecule has 7 heteroatoms. The van der Waals surface area contributed by atoms with E-state index in [0.717, 1.165) is 27.8 Å². The maximum absolute atomic E-state index is 12.8. The van der Waals surface area contributed by atoms with Crippen LogP contribution in [0.5, 0.6) is 0 Å². The molecular formula is C19H23N5OS. The van der Waals surface area contributed by atoms with Crippen LogP contribution < -0.4 is 5.32 Å². The van der Waals surface area contributed by atoms with E-state index in [1.807, 2.05) is 73.8 Å². The lowest BCUT2D eigenvalue weighted by atomic mass is 10.1. The average Bonchev–Trinajstić information content (AvgIpc) is 3.19. The van der Waals surface area contributed by atoms with Gasteiger partial charge in [-0.15, -0.1) is 0 Å². The van der Waals surface area contributed by atoms with Gasteiger partial charge in [0.2, 0.25) is 0 Å². The molecule has 0 bridgehead atoms. The zero-order chi connectivity index (χ0) is 18.8. The number of aromatic nitrogens is 4. The van der Waals surface area contributed by atoms with E-state index in [4.69, 9.17) is 0 Å². The molecule has 0 radical (unpaired) electrons. The number of hydrogen-bond acceptors (Lipinski definition) is 4. The average molecular weight is 369 g/mol. The van der Waals surface area contributed by atoms with Crippen LogP contribution in [-0.4, -0.2) is 31.5 Å². The number of carbonyl (C=O) groups is 1. The summed E-state index contributed by atoms with van der Waals surface area (Å²) in [5.74, 6) is -0.104. The molecule has 0 aliphatic carbocycles. The first kappa shape index (κ1) is 18.3. The van der Waals surface area contributed by atoms with Crippen molar-refractivity contribution in [1.29, 1.82) is 0 Å². The molecular weight excluding hydrogens is 346 g/mol. The molecule has 0 saturated carbocycles. The molecule has 0 saturated heterocycles. The molecule has 1 aromatic carbocycles. The summed E-state index contributed by atoms with van der Waals surface area (Å²) in [4.78, 5) is 17.1. The van der Waals surface area contributed by atoms with Crippen LogP contribution in [0.15, 0.2) is 41.8 Å². The van der Waals surface area contributed by atoms with Crippen molar-refractivity contribution in [3.63, 3.8) is 0 Å². The van der Waals surface area contributed by atoms with Gasteiger partial charge in [-0.1, -0.05) is 17.8 Å². The lowest BCUT2D eigenvalue weighted by Gasteiger charge is -2.15. The number of nitrogens with zero attached hydrogens (tertiary/aromatic N) is 4. The number of nitrogens with one attached hydrogen (secondary N) is 1. The van der Waals surface area contributed by atoms with Crippen molar-refractivity contribution in [2.45, 2.75) is 32.0 Å². The van der Waals surface area contributed by atoms with Crippen LogP contribution in [-0.2, 0) is 7.05 Å². The molecule has 136 valence electrons. The highest BCUT2D eigenvalue weighted by Gasteiger charge is 2.19. The van der Waals surface area contributed by atoms with Crippen molar-refractivity contribution in [1.82, 2.24) is 24.6 Å². The largest absolute Gasteiger partial charge is 0.345 e. The second-order valence-corrected chi connectivity index (χ2v) is 7.01. The summed E-state index contributed by atoms with van der Waals surface area (Å²) in [6.45, 7) is 5.97. The number of carbonyl (C=O) groups excluding carboxylic acids is 1. The minimum atomic E-state index is -0.116.